The number of hydrogen-bond donors (Lipinski definition) is 0. The van der Waals surface area contributed by atoms with Gasteiger partial charge in [0, 0.05) is 45.7 Å². The highest BCUT2D eigenvalue weighted by Gasteiger charge is 2.20. The second kappa shape index (κ2) is 9.50. The maximum absolute atomic E-state index is 11.6. The Balaban J connectivity index is 0.00000208. The molecule has 2 aliphatic rings. The van der Waals surface area contributed by atoms with Gasteiger partial charge in [0.05, 0.1) is 10.7 Å². The molecule has 0 saturated carbocycles. The lowest BCUT2D eigenvalue weighted by Crippen LogP contribution is -2.46. The van der Waals surface area contributed by atoms with Gasteiger partial charge in [-0.25, -0.2) is 0 Å². The number of rotatable bonds is 6. The molecule has 0 atom stereocenters. The molecule has 1 aromatic rings. The third-order valence-corrected chi connectivity index (χ3v) is 5.21. The number of halogens is 2. The van der Waals surface area contributed by atoms with Crippen LogP contribution in [0.15, 0.2) is 24.3 Å². The van der Waals surface area contributed by atoms with Gasteiger partial charge in [0.2, 0.25) is 5.91 Å². The number of nitrogens with zero attached hydrogens (tertiary/aromatic N) is 3. The first-order valence-electron chi connectivity index (χ1n) is 8.73. The van der Waals surface area contributed by atoms with E-state index < -0.39 is 0 Å². The lowest BCUT2D eigenvalue weighted by Gasteiger charge is -2.36. The second-order valence-corrected chi connectivity index (χ2v) is 6.88. The number of amides is 1. The minimum absolute atomic E-state index is 0. The Labute approximate surface area is 156 Å². The second-order valence-electron chi connectivity index (χ2n) is 6.47. The molecule has 1 amide bonds. The van der Waals surface area contributed by atoms with Crippen LogP contribution >= 0.6 is 24.0 Å². The first-order valence-corrected chi connectivity index (χ1v) is 9.11. The summed E-state index contributed by atoms with van der Waals surface area (Å²) in [4.78, 5) is 18.5. The van der Waals surface area contributed by atoms with Crippen LogP contribution in [-0.2, 0) is 4.79 Å². The number of piperazine rings is 1. The Hall–Kier alpha value is -0.970. The molecule has 2 saturated heterocycles. The Morgan fingerprint density at radius 1 is 0.958 bits per heavy atom. The van der Waals surface area contributed by atoms with E-state index in [1.807, 2.05) is 23.1 Å². The third kappa shape index (κ3) is 5.01. The van der Waals surface area contributed by atoms with Crippen LogP contribution in [0.1, 0.15) is 25.7 Å². The van der Waals surface area contributed by atoms with Crippen LogP contribution in [0.25, 0.3) is 0 Å². The third-order valence-electron chi connectivity index (χ3n) is 4.89. The monoisotopic (exact) mass is 371 g/mol. The highest BCUT2D eigenvalue weighted by molar-refractivity contribution is 6.33. The largest absolute Gasteiger partial charge is 0.368 e. The normalized spacial score (nSPS) is 18.8. The van der Waals surface area contributed by atoms with Gasteiger partial charge in [-0.2, -0.15) is 0 Å². The maximum atomic E-state index is 11.6. The molecule has 0 aliphatic carbocycles. The molecule has 2 fully saturated rings. The number of anilines is 1. The van der Waals surface area contributed by atoms with Crippen LogP contribution in [-0.4, -0.2) is 61.5 Å². The van der Waals surface area contributed by atoms with Crippen molar-refractivity contribution in [3.8, 4) is 0 Å². The number of unbranched alkanes of at least 4 members (excludes halogenated alkanes) is 1. The fourth-order valence-electron chi connectivity index (χ4n) is 3.50. The van der Waals surface area contributed by atoms with E-state index in [1.54, 1.807) is 0 Å². The Morgan fingerprint density at radius 3 is 2.33 bits per heavy atom. The molecule has 0 spiro atoms. The van der Waals surface area contributed by atoms with Crippen LogP contribution in [0.5, 0.6) is 0 Å². The van der Waals surface area contributed by atoms with Gasteiger partial charge < -0.3 is 9.80 Å². The summed E-state index contributed by atoms with van der Waals surface area (Å²) in [5, 5.41) is 0.844. The van der Waals surface area contributed by atoms with Crippen molar-refractivity contribution in [2.45, 2.75) is 25.7 Å². The Morgan fingerprint density at radius 2 is 1.67 bits per heavy atom. The number of likely N-dealkylation sites (tertiary alicyclic amines) is 1. The number of hydrogen-bond acceptors (Lipinski definition) is 3. The summed E-state index contributed by atoms with van der Waals surface area (Å²) in [6.07, 6.45) is 4.10. The number of para-hydroxylation sites is 1. The van der Waals surface area contributed by atoms with Gasteiger partial charge in [0.15, 0.2) is 0 Å². The molecule has 0 unspecified atom stereocenters. The Kier molecular flexibility index (Phi) is 7.66. The number of carbonyl (C=O) groups excluding carboxylic acids is 1. The fraction of sp³-hybridized carbons (Fsp3) is 0.611. The van der Waals surface area contributed by atoms with Crippen molar-refractivity contribution in [2.75, 3.05) is 50.7 Å². The van der Waals surface area contributed by atoms with E-state index in [9.17, 15) is 4.79 Å². The van der Waals surface area contributed by atoms with Crippen molar-refractivity contribution in [1.82, 2.24) is 9.80 Å². The highest BCUT2D eigenvalue weighted by Crippen LogP contribution is 2.26. The van der Waals surface area contributed by atoms with E-state index in [2.05, 4.69) is 15.9 Å². The maximum Gasteiger partial charge on any atom is 0.222 e. The van der Waals surface area contributed by atoms with Gasteiger partial charge in [0.25, 0.3) is 0 Å². The van der Waals surface area contributed by atoms with Crippen LogP contribution in [0.4, 0.5) is 5.69 Å². The SMILES string of the molecule is Cl.O=C1CCCN1CCCCN1CCN(c2ccccc2Cl)CC1. The zero-order valence-corrected chi connectivity index (χ0v) is 15.7. The summed E-state index contributed by atoms with van der Waals surface area (Å²) in [7, 11) is 0. The molecule has 4 nitrogen and oxygen atoms in total. The van der Waals surface area contributed by atoms with Gasteiger partial charge in [-0.3, -0.25) is 9.69 Å². The summed E-state index contributed by atoms with van der Waals surface area (Å²) in [6, 6.07) is 8.09. The topological polar surface area (TPSA) is 26.8 Å². The van der Waals surface area contributed by atoms with Crippen molar-refractivity contribution in [3.63, 3.8) is 0 Å². The van der Waals surface area contributed by atoms with E-state index in [-0.39, 0.29) is 12.4 Å². The molecule has 24 heavy (non-hydrogen) atoms. The average molecular weight is 372 g/mol. The first kappa shape index (κ1) is 19.4. The quantitative estimate of drug-likeness (QED) is 0.717. The predicted molar refractivity (Wildman–Crippen MR) is 102 cm³/mol. The van der Waals surface area contributed by atoms with Gasteiger partial charge >= 0.3 is 0 Å². The van der Waals surface area contributed by atoms with Crippen molar-refractivity contribution in [2.24, 2.45) is 0 Å². The molecule has 0 N–H and O–H groups in total. The lowest BCUT2D eigenvalue weighted by molar-refractivity contribution is -0.127. The van der Waals surface area contributed by atoms with Crippen molar-refractivity contribution < 1.29 is 4.79 Å². The van der Waals surface area contributed by atoms with Crippen molar-refractivity contribution in [3.05, 3.63) is 29.3 Å². The summed E-state index contributed by atoms with van der Waals surface area (Å²) in [5.41, 5.74) is 1.15. The highest BCUT2D eigenvalue weighted by atomic mass is 35.5. The van der Waals surface area contributed by atoms with Crippen LogP contribution < -0.4 is 4.90 Å². The molecule has 6 heteroatoms. The zero-order valence-electron chi connectivity index (χ0n) is 14.1. The van der Waals surface area contributed by atoms with Gasteiger partial charge in [-0.15, -0.1) is 12.4 Å². The summed E-state index contributed by atoms with van der Waals surface area (Å²) in [6.45, 7) is 7.30. The zero-order chi connectivity index (χ0) is 16.1. The lowest BCUT2D eigenvalue weighted by atomic mass is 10.2. The predicted octanol–water partition coefficient (Wildman–Crippen LogP) is 3.29. The standard InChI is InChI=1S/C18H26ClN3O.ClH/c19-16-6-1-2-7-17(16)21-14-12-20(13-15-21)9-3-4-10-22-11-5-8-18(22)23;/h1-2,6-7H,3-5,8-15H2;1H. The molecular formula is C18H27Cl2N3O. The van der Waals surface area contributed by atoms with Crippen LogP contribution in [0.3, 0.4) is 0 Å². The minimum Gasteiger partial charge on any atom is -0.368 e. The fourth-order valence-corrected chi connectivity index (χ4v) is 3.75. The van der Waals surface area contributed by atoms with E-state index in [4.69, 9.17) is 11.6 Å². The first-order chi connectivity index (χ1) is 11.2. The molecule has 0 aromatic heterocycles. The van der Waals surface area contributed by atoms with E-state index >= 15 is 0 Å². The van der Waals surface area contributed by atoms with E-state index in [0.29, 0.717) is 5.91 Å². The van der Waals surface area contributed by atoms with Gasteiger partial charge in [-0.1, -0.05) is 23.7 Å². The number of carbonyl (C=O) groups is 1. The molecule has 0 radical (unpaired) electrons. The molecule has 2 heterocycles. The van der Waals surface area contributed by atoms with Crippen molar-refractivity contribution in [1.29, 1.82) is 0 Å². The van der Waals surface area contributed by atoms with E-state index in [0.717, 1.165) is 75.8 Å². The minimum atomic E-state index is 0. The molecule has 0 bridgehead atoms. The molecule has 134 valence electrons. The molecule has 1 aromatic carbocycles. The summed E-state index contributed by atoms with van der Waals surface area (Å²) < 4.78 is 0. The number of benzene rings is 1. The summed E-state index contributed by atoms with van der Waals surface area (Å²) >= 11 is 6.28. The molecule has 2 aliphatic heterocycles. The van der Waals surface area contributed by atoms with E-state index in [1.165, 1.54) is 6.42 Å². The Bertz CT molecular complexity index is 533. The van der Waals surface area contributed by atoms with Crippen LogP contribution in [0.2, 0.25) is 5.02 Å². The molecular weight excluding hydrogens is 345 g/mol. The summed E-state index contributed by atoms with van der Waals surface area (Å²) in [5.74, 6) is 0.346. The van der Waals surface area contributed by atoms with Gasteiger partial charge in [-0.05, 0) is 37.9 Å². The average Bonchev–Trinajstić information content (AvgIpc) is 2.98. The van der Waals surface area contributed by atoms with Gasteiger partial charge in [0.1, 0.15) is 0 Å². The molecule has 3 rings (SSSR count). The van der Waals surface area contributed by atoms with Crippen molar-refractivity contribution >= 4 is 35.6 Å². The van der Waals surface area contributed by atoms with Crippen LogP contribution in [0, 0.1) is 0 Å². The smallest absolute Gasteiger partial charge is 0.222 e.